The third kappa shape index (κ3) is 3.60. The van der Waals surface area contributed by atoms with Crippen molar-refractivity contribution in [1.29, 1.82) is 0 Å². The number of aliphatic hydroxyl groups excluding tert-OH is 1. The van der Waals surface area contributed by atoms with Crippen LogP contribution < -0.4 is 16.6 Å². The fourth-order valence-corrected chi connectivity index (χ4v) is 2.65. The lowest BCUT2D eigenvalue weighted by molar-refractivity contribution is -0.123. The lowest BCUT2D eigenvalue weighted by atomic mass is 9.76. The van der Waals surface area contributed by atoms with Crippen molar-refractivity contribution in [3.8, 4) is 0 Å². The molecule has 0 saturated heterocycles. The smallest absolute Gasteiger partial charge is 0.328 e. The summed E-state index contributed by atoms with van der Waals surface area (Å²) in [7, 11) is 0. The fourth-order valence-electron chi connectivity index (χ4n) is 2.65. The first-order chi connectivity index (χ1) is 9.90. The number of amides is 1. The number of rotatable bonds is 5. The van der Waals surface area contributed by atoms with Crippen molar-refractivity contribution in [3.63, 3.8) is 0 Å². The molecule has 1 atom stereocenters. The molecule has 1 heterocycles. The zero-order chi connectivity index (χ0) is 15.6. The number of nitrogens with one attached hydrogen (secondary N) is 2. The zero-order valence-electron chi connectivity index (χ0n) is 12.3. The lowest BCUT2D eigenvalue weighted by Crippen LogP contribution is -2.48. The highest BCUT2D eigenvalue weighted by Gasteiger charge is 2.33. The van der Waals surface area contributed by atoms with Gasteiger partial charge in [-0.05, 0) is 32.1 Å². The summed E-state index contributed by atoms with van der Waals surface area (Å²) in [6, 6.07) is 0.0143. The molecule has 0 bridgehead atoms. The van der Waals surface area contributed by atoms with E-state index in [1.165, 1.54) is 10.8 Å². The Morgan fingerprint density at radius 2 is 2.19 bits per heavy atom. The Kier molecular flexibility index (Phi) is 4.62. The molecule has 0 spiro atoms. The summed E-state index contributed by atoms with van der Waals surface area (Å²) < 4.78 is 1.19. The summed E-state index contributed by atoms with van der Waals surface area (Å²) in [5.41, 5.74) is -0.643. The molecule has 1 aliphatic carbocycles. The molecule has 0 aromatic carbocycles. The van der Waals surface area contributed by atoms with Gasteiger partial charge in [-0.15, -0.1) is 0 Å². The van der Waals surface area contributed by atoms with Gasteiger partial charge in [0, 0.05) is 17.8 Å². The van der Waals surface area contributed by atoms with Crippen LogP contribution in [0.5, 0.6) is 0 Å². The van der Waals surface area contributed by atoms with Crippen molar-refractivity contribution >= 4 is 5.91 Å². The minimum absolute atomic E-state index is 0.0143. The Morgan fingerprint density at radius 1 is 1.52 bits per heavy atom. The SMILES string of the molecule is CCC(NC(=O)Cn1cc(C)c(=O)[nH]c1=O)C1CC(O)C1. The highest BCUT2D eigenvalue weighted by Crippen LogP contribution is 2.31. The molecule has 0 radical (unpaired) electrons. The Morgan fingerprint density at radius 3 is 2.76 bits per heavy atom. The highest BCUT2D eigenvalue weighted by molar-refractivity contribution is 5.76. The fraction of sp³-hybridized carbons (Fsp3) is 0.643. The van der Waals surface area contributed by atoms with E-state index in [2.05, 4.69) is 10.3 Å². The maximum absolute atomic E-state index is 12.0. The Labute approximate surface area is 122 Å². The normalized spacial score (nSPS) is 22.4. The van der Waals surface area contributed by atoms with Crippen molar-refractivity contribution in [1.82, 2.24) is 14.9 Å². The number of aryl methyl sites for hydroxylation is 1. The number of hydrogen-bond donors (Lipinski definition) is 3. The molecule has 1 amide bonds. The molecule has 0 aliphatic heterocycles. The van der Waals surface area contributed by atoms with Crippen LogP contribution in [0.25, 0.3) is 0 Å². The van der Waals surface area contributed by atoms with Gasteiger partial charge in [0.1, 0.15) is 6.54 Å². The molecule has 1 fully saturated rings. The van der Waals surface area contributed by atoms with Crippen LogP contribution in [0.4, 0.5) is 0 Å². The van der Waals surface area contributed by atoms with Crippen LogP contribution in [0.15, 0.2) is 15.8 Å². The monoisotopic (exact) mass is 295 g/mol. The highest BCUT2D eigenvalue weighted by atomic mass is 16.3. The summed E-state index contributed by atoms with van der Waals surface area (Å²) in [6.45, 7) is 3.44. The second-order valence-electron chi connectivity index (χ2n) is 5.67. The van der Waals surface area contributed by atoms with Gasteiger partial charge in [0.25, 0.3) is 5.56 Å². The number of carbonyl (C=O) groups is 1. The maximum Gasteiger partial charge on any atom is 0.328 e. The molecule has 1 unspecified atom stereocenters. The number of aromatic amines is 1. The quantitative estimate of drug-likeness (QED) is 0.682. The van der Waals surface area contributed by atoms with Crippen LogP contribution >= 0.6 is 0 Å². The average Bonchev–Trinajstić information content (AvgIpc) is 2.39. The molecular formula is C14H21N3O4. The molecule has 21 heavy (non-hydrogen) atoms. The van der Waals surface area contributed by atoms with Gasteiger partial charge in [-0.1, -0.05) is 6.92 Å². The largest absolute Gasteiger partial charge is 0.393 e. The number of carbonyl (C=O) groups excluding carboxylic acids is 1. The summed E-state index contributed by atoms with van der Waals surface area (Å²) in [4.78, 5) is 37.1. The first-order valence-electron chi connectivity index (χ1n) is 7.18. The second-order valence-corrected chi connectivity index (χ2v) is 5.67. The van der Waals surface area contributed by atoms with E-state index in [0.29, 0.717) is 24.3 Å². The third-order valence-corrected chi connectivity index (χ3v) is 4.01. The molecule has 3 N–H and O–H groups in total. The number of H-pyrrole nitrogens is 1. The van der Waals surface area contributed by atoms with E-state index in [1.807, 2.05) is 6.92 Å². The number of hydrogen-bond acceptors (Lipinski definition) is 4. The number of nitrogens with zero attached hydrogens (tertiary/aromatic N) is 1. The van der Waals surface area contributed by atoms with Gasteiger partial charge in [-0.25, -0.2) is 4.79 Å². The first-order valence-corrected chi connectivity index (χ1v) is 7.18. The van der Waals surface area contributed by atoms with E-state index < -0.39 is 11.2 Å². The van der Waals surface area contributed by atoms with Crippen molar-refractivity contribution in [2.75, 3.05) is 0 Å². The first kappa shape index (κ1) is 15.5. The van der Waals surface area contributed by atoms with Gasteiger partial charge in [0.2, 0.25) is 5.91 Å². The second kappa shape index (κ2) is 6.26. The van der Waals surface area contributed by atoms with Gasteiger partial charge >= 0.3 is 5.69 Å². The van der Waals surface area contributed by atoms with Crippen LogP contribution in [0.3, 0.4) is 0 Å². The number of aliphatic hydroxyl groups is 1. The van der Waals surface area contributed by atoms with Crippen molar-refractivity contribution in [2.45, 2.75) is 51.8 Å². The standard InChI is InChI=1S/C14H21N3O4/c1-3-11(9-4-10(18)5-9)15-12(19)7-17-6-8(2)13(20)16-14(17)21/h6,9-11,18H,3-5,7H2,1-2H3,(H,15,19)(H,16,20,21). The van der Waals surface area contributed by atoms with Crippen LogP contribution in [0.1, 0.15) is 31.7 Å². The van der Waals surface area contributed by atoms with Crippen LogP contribution in [0.2, 0.25) is 0 Å². The van der Waals surface area contributed by atoms with E-state index in [-0.39, 0.29) is 24.6 Å². The van der Waals surface area contributed by atoms with E-state index in [1.54, 1.807) is 6.92 Å². The summed E-state index contributed by atoms with van der Waals surface area (Å²) in [6.07, 6.45) is 3.32. The summed E-state index contributed by atoms with van der Waals surface area (Å²) in [5, 5.41) is 12.2. The molecule has 1 aliphatic rings. The molecule has 7 nitrogen and oxygen atoms in total. The van der Waals surface area contributed by atoms with Gasteiger partial charge in [0.15, 0.2) is 0 Å². The van der Waals surface area contributed by atoms with Crippen LogP contribution in [-0.2, 0) is 11.3 Å². The molecule has 7 heteroatoms. The topological polar surface area (TPSA) is 104 Å². The predicted octanol–water partition coefficient (Wildman–Crippen LogP) is -0.489. The lowest BCUT2D eigenvalue weighted by Gasteiger charge is -2.37. The third-order valence-electron chi connectivity index (χ3n) is 4.01. The van der Waals surface area contributed by atoms with Crippen molar-refractivity contribution in [3.05, 3.63) is 32.6 Å². The van der Waals surface area contributed by atoms with Crippen LogP contribution in [-0.4, -0.2) is 32.7 Å². The molecule has 2 rings (SSSR count). The van der Waals surface area contributed by atoms with E-state index in [4.69, 9.17) is 0 Å². The van der Waals surface area contributed by atoms with E-state index in [9.17, 15) is 19.5 Å². The Bertz CT molecular complexity index is 628. The van der Waals surface area contributed by atoms with Gasteiger partial charge in [-0.2, -0.15) is 0 Å². The molecule has 1 saturated carbocycles. The van der Waals surface area contributed by atoms with Crippen molar-refractivity contribution < 1.29 is 9.90 Å². The Hall–Kier alpha value is -1.89. The maximum atomic E-state index is 12.0. The predicted molar refractivity (Wildman–Crippen MR) is 77.0 cm³/mol. The molecule has 1 aromatic rings. The molecular weight excluding hydrogens is 274 g/mol. The molecule has 116 valence electrons. The van der Waals surface area contributed by atoms with Crippen LogP contribution in [0, 0.1) is 12.8 Å². The number of aromatic nitrogens is 2. The molecule has 1 aromatic heterocycles. The van der Waals surface area contributed by atoms with E-state index in [0.717, 1.165) is 6.42 Å². The van der Waals surface area contributed by atoms with Gasteiger partial charge < -0.3 is 10.4 Å². The van der Waals surface area contributed by atoms with Crippen molar-refractivity contribution in [2.24, 2.45) is 5.92 Å². The summed E-state index contributed by atoms with van der Waals surface area (Å²) >= 11 is 0. The van der Waals surface area contributed by atoms with Gasteiger partial charge in [-0.3, -0.25) is 19.1 Å². The van der Waals surface area contributed by atoms with E-state index >= 15 is 0 Å². The Balaban J connectivity index is 1.99. The minimum atomic E-state index is -0.590. The minimum Gasteiger partial charge on any atom is -0.393 e. The zero-order valence-corrected chi connectivity index (χ0v) is 12.3. The average molecular weight is 295 g/mol. The van der Waals surface area contributed by atoms with Gasteiger partial charge in [0.05, 0.1) is 6.10 Å². The summed E-state index contributed by atoms with van der Waals surface area (Å²) in [5.74, 6) is 0.0276.